The largest absolute Gasteiger partial charge is 0.396 e. The summed E-state index contributed by atoms with van der Waals surface area (Å²) in [7, 11) is 0. The van der Waals surface area contributed by atoms with Crippen molar-refractivity contribution in [3.63, 3.8) is 0 Å². The van der Waals surface area contributed by atoms with Crippen LogP contribution in [0.15, 0.2) is 24.3 Å². The van der Waals surface area contributed by atoms with E-state index in [2.05, 4.69) is 41.4 Å². The molecule has 1 aromatic rings. The minimum absolute atomic E-state index is 0.225. The molecule has 1 aliphatic carbocycles. The third kappa shape index (κ3) is 3.10. The highest BCUT2D eigenvalue weighted by Gasteiger charge is 2.38. The lowest BCUT2D eigenvalue weighted by Gasteiger charge is -2.20. The smallest absolute Gasteiger partial charge is 0.0471 e. The number of hydrogen-bond acceptors (Lipinski definition) is 3. The van der Waals surface area contributed by atoms with Crippen molar-refractivity contribution >= 4 is 5.69 Å². The molecule has 2 aliphatic rings. The minimum atomic E-state index is 0.225. The van der Waals surface area contributed by atoms with Crippen LogP contribution < -0.4 is 5.32 Å². The second-order valence-electron chi connectivity index (χ2n) is 6.02. The molecule has 0 bridgehead atoms. The summed E-state index contributed by atoms with van der Waals surface area (Å²) >= 11 is 0. The zero-order valence-corrected chi connectivity index (χ0v) is 11.7. The maximum Gasteiger partial charge on any atom is 0.0471 e. The second-order valence-corrected chi connectivity index (χ2v) is 6.02. The van der Waals surface area contributed by atoms with Crippen LogP contribution in [0.25, 0.3) is 0 Å². The van der Waals surface area contributed by atoms with Crippen LogP contribution in [0.4, 0.5) is 5.69 Å². The Morgan fingerprint density at radius 3 is 2.63 bits per heavy atom. The van der Waals surface area contributed by atoms with Gasteiger partial charge in [-0.2, -0.15) is 0 Å². The van der Waals surface area contributed by atoms with Gasteiger partial charge in [0.05, 0.1) is 0 Å². The molecular formula is C16H24N2O. The van der Waals surface area contributed by atoms with Crippen LogP contribution in [0.2, 0.25) is 0 Å². The molecule has 1 heterocycles. The van der Waals surface area contributed by atoms with Gasteiger partial charge in [0.25, 0.3) is 0 Å². The molecular weight excluding hydrogens is 236 g/mol. The molecule has 3 rings (SSSR count). The number of hydrogen-bond donors (Lipinski definition) is 2. The number of rotatable bonds is 5. The highest BCUT2D eigenvalue weighted by atomic mass is 16.2. The lowest BCUT2D eigenvalue weighted by atomic mass is 10.1. The Kier molecular flexibility index (Phi) is 3.76. The van der Waals surface area contributed by atoms with Crippen LogP contribution in [-0.2, 0) is 6.42 Å². The zero-order valence-electron chi connectivity index (χ0n) is 11.7. The molecule has 0 amide bonds. The summed E-state index contributed by atoms with van der Waals surface area (Å²) in [5, 5.41) is 12.6. The molecule has 1 aromatic carbocycles. The third-order valence-electron chi connectivity index (χ3n) is 4.36. The quantitative estimate of drug-likeness (QED) is 0.852. The van der Waals surface area contributed by atoms with Crippen LogP contribution in [0, 0.1) is 0 Å². The standard InChI is InChI=1S/C16H24N2O/c1-12-10-15(11-18(12)16-6-7-16)17-14-4-2-13(3-5-14)8-9-19/h2-5,12,15-17,19H,6-11H2,1H3. The van der Waals surface area contributed by atoms with Crippen molar-refractivity contribution in [1.82, 2.24) is 4.90 Å². The summed E-state index contributed by atoms with van der Waals surface area (Å²) in [6.07, 6.45) is 4.78. The Balaban J connectivity index is 1.56. The summed E-state index contributed by atoms with van der Waals surface area (Å²) in [4.78, 5) is 2.66. The molecule has 2 N–H and O–H groups in total. The molecule has 1 saturated heterocycles. The van der Waals surface area contributed by atoms with Gasteiger partial charge in [0.1, 0.15) is 0 Å². The summed E-state index contributed by atoms with van der Waals surface area (Å²) in [6, 6.07) is 10.7. The lowest BCUT2D eigenvalue weighted by Crippen LogP contribution is -2.30. The Morgan fingerprint density at radius 1 is 1.26 bits per heavy atom. The number of aliphatic hydroxyl groups is 1. The van der Waals surface area contributed by atoms with Crippen LogP contribution >= 0.6 is 0 Å². The van der Waals surface area contributed by atoms with Gasteiger partial charge >= 0.3 is 0 Å². The number of nitrogens with zero attached hydrogens (tertiary/aromatic N) is 1. The first-order valence-corrected chi connectivity index (χ1v) is 7.48. The van der Waals surface area contributed by atoms with E-state index in [1.165, 1.54) is 37.1 Å². The van der Waals surface area contributed by atoms with Crippen LogP contribution in [0.5, 0.6) is 0 Å². The Bertz CT molecular complexity index is 413. The number of anilines is 1. The summed E-state index contributed by atoms with van der Waals surface area (Å²) in [5.74, 6) is 0. The monoisotopic (exact) mass is 260 g/mol. The van der Waals surface area contributed by atoms with E-state index in [-0.39, 0.29) is 6.61 Å². The van der Waals surface area contributed by atoms with Crippen molar-refractivity contribution in [2.45, 2.75) is 50.7 Å². The normalized spacial score (nSPS) is 27.7. The molecule has 1 aliphatic heterocycles. The van der Waals surface area contributed by atoms with Crippen molar-refractivity contribution in [2.75, 3.05) is 18.5 Å². The first-order chi connectivity index (χ1) is 9.26. The molecule has 19 heavy (non-hydrogen) atoms. The van der Waals surface area contributed by atoms with E-state index in [1.807, 2.05) is 0 Å². The van der Waals surface area contributed by atoms with E-state index in [0.29, 0.717) is 6.04 Å². The molecule has 1 saturated carbocycles. The first-order valence-electron chi connectivity index (χ1n) is 7.48. The van der Waals surface area contributed by atoms with Gasteiger partial charge in [0.15, 0.2) is 0 Å². The molecule has 3 nitrogen and oxygen atoms in total. The van der Waals surface area contributed by atoms with E-state index in [9.17, 15) is 0 Å². The fourth-order valence-corrected chi connectivity index (χ4v) is 3.21. The van der Waals surface area contributed by atoms with E-state index >= 15 is 0 Å². The van der Waals surface area contributed by atoms with Crippen molar-refractivity contribution < 1.29 is 5.11 Å². The molecule has 3 heteroatoms. The topological polar surface area (TPSA) is 35.5 Å². The maximum atomic E-state index is 8.91. The predicted octanol–water partition coefficient (Wildman–Crippen LogP) is 2.26. The molecule has 0 aromatic heterocycles. The van der Waals surface area contributed by atoms with Gasteiger partial charge < -0.3 is 10.4 Å². The average Bonchev–Trinajstić information content (AvgIpc) is 3.17. The van der Waals surface area contributed by atoms with Gasteiger partial charge in [0.2, 0.25) is 0 Å². The molecule has 2 atom stereocenters. The van der Waals surface area contributed by atoms with Crippen molar-refractivity contribution in [3.8, 4) is 0 Å². The van der Waals surface area contributed by atoms with Crippen LogP contribution in [-0.4, -0.2) is 41.3 Å². The van der Waals surface area contributed by atoms with Crippen molar-refractivity contribution in [2.24, 2.45) is 0 Å². The predicted molar refractivity (Wildman–Crippen MR) is 78.4 cm³/mol. The minimum Gasteiger partial charge on any atom is -0.396 e. The van der Waals surface area contributed by atoms with E-state index < -0.39 is 0 Å². The number of benzene rings is 1. The van der Waals surface area contributed by atoms with Crippen LogP contribution in [0.3, 0.4) is 0 Å². The van der Waals surface area contributed by atoms with Crippen molar-refractivity contribution in [1.29, 1.82) is 0 Å². The lowest BCUT2D eigenvalue weighted by molar-refractivity contribution is 0.257. The van der Waals surface area contributed by atoms with E-state index in [0.717, 1.165) is 18.5 Å². The Morgan fingerprint density at radius 2 is 2.00 bits per heavy atom. The molecule has 0 radical (unpaired) electrons. The van der Waals surface area contributed by atoms with Crippen LogP contribution in [0.1, 0.15) is 31.7 Å². The second kappa shape index (κ2) is 5.51. The maximum absolute atomic E-state index is 8.91. The zero-order chi connectivity index (χ0) is 13.2. The number of nitrogens with one attached hydrogen (secondary N) is 1. The third-order valence-corrected chi connectivity index (χ3v) is 4.36. The van der Waals surface area contributed by atoms with Gasteiger partial charge in [-0.1, -0.05) is 12.1 Å². The molecule has 0 spiro atoms. The van der Waals surface area contributed by atoms with Gasteiger partial charge in [-0.3, -0.25) is 4.90 Å². The molecule has 2 fully saturated rings. The van der Waals surface area contributed by atoms with Gasteiger partial charge in [-0.25, -0.2) is 0 Å². The summed E-state index contributed by atoms with van der Waals surface area (Å²) in [6.45, 7) is 3.76. The Labute approximate surface area is 115 Å². The van der Waals surface area contributed by atoms with Gasteiger partial charge in [-0.05, 0) is 50.3 Å². The van der Waals surface area contributed by atoms with Crippen molar-refractivity contribution in [3.05, 3.63) is 29.8 Å². The number of aliphatic hydroxyl groups excluding tert-OH is 1. The molecule has 2 unspecified atom stereocenters. The Hall–Kier alpha value is -1.06. The first kappa shape index (κ1) is 12.9. The fraction of sp³-hybridized carbons (Fsp3) is 0.625. The molecule has 104 valence electrons. The summed E-state index contributed by atoms with van der Waals surface area (Å²) in [5.41, 5.74) is 2.41. The van der Waals surface area contributed by atoms with Gasteiger partial charge in [-0.15, -0.1) is 0 Å². The SMILES string of the molecule is CC1CC(Nc2ccc(CCO)cc2)CN1C1CC1. The van der Waals surface area contributed by atoms with Gasteiger partial charge in [0, 0.05) is 37.0 Å². The fourth-order valence-electron chi connectivity index (χ4n) is 3.21. The average molecular weight is 260 g/mol. The number of likely N-dealkylation sites (tertiary alicyclic amines) is 1. The highest BCUT2D eigenvalue weighted by Crippen LogP contribution is 2.34. The summed E-state index contributed by atoms with van der Waals surface area (Å²) < 4.78 is 0. The highest BCUT2D eigenvalue weighted by molar-refractivity contribution is 5.45. The van der Waals surface area contributed by atoms with E-state index in [1.54, 1.807) is 0 Å². The van der Waals surface area contributed by atoms with E-state index in [4.69, 9.17) is 5.11 Å².